The fourth-order valence-corrected chi connectivity index (χ4v) is 4.26. The number of halogens is 3. The molecule has 0 amide bonds. The number of aromatic nitrogens is 3. The molecular weight excluding hydrogens is 403 g/mol. The Morgan fingerprint density at radius 2 is 1.81 bits per heavy atom. The fourth-order valence-electron chi connectivity index (χ4n) is 4.26. The van der Waals surface area contributed by atoms with Crippen molar-refractivity contribution in [3.63, 3.8) is 0 Å². The lowest BCUT2D eigenvalue weighted by atomic mass is 9.88. The minimum Gasteiger partial charge on any atom is -0.303 e. The molecule has 1 fully saturated rings. The van der Waals surface area contributed by atoms with Gasteiger partial charge in [-0.1, -0.05) is 23.4 Å². The Hall–Kier alpha value is -2.92. The number of benzene rings is 2. The van der Waals surface area contributed by atoms with Gasteiger partial charge in [0.25, 0.3) is 0 Å². The molecule has 5 nitrogen and oxygen atoms in total. The van der Waals surface area contributed by atoms with E-state index in [9.17, 15) is 13.2 Å². The Morgan fingerprint density at radius 1 is 1.03 bits per heavy atom. The Labute approximate surface area is 179 Å². The first-order chi connectivity index (χ1) is 14.9. The molecule has 0 saturated carbocycles. The SMILES string of the molecule is N#Cc1ccc2nnn(CCCCN3CCC(c4cccc(C(F)(F)F)c4)CC3)c2c1. The van der Waals surface area contributed by atoms with Crippen LogP contribution in [0.25, 0.3) is 11.0 Å². The van der Waals surface area contributed by atoms with Crippen molar-refractivity contribution in [1.29, 1.82) is 5.26 Å². The van der Waals surface area contributed by atoms with Crippen molar-refractivity contribution in [2.45, 2.75) is 44.3 Å². The molecule has 8 heteroatoms. The minimum atomic E-state index is -4.29. The van der Waals surface area contributed by atoms with Gasteiger partial charge in [-0.3, -0.25) is 0 Å². The predicted molar refractivity (Wildman–Crippen MR) is 111 cm³/mol. The average Bonchev–Trinajstić information content (AvgIpc) is 3.19. The largest absolute Gasteiger partial charge is 0.416 e. The number of unbranched alkanes of at least 4 members (excludes halogenated alkanes) is 1. The van der Waals surface area contributed by atoms with Crippen LogP contribution in [0.4, 0.5) is 13.2 Å². The molecule has 1 aliphatic rings. The lowest BCUT2D eigenvalue weighted by Crippen LogP contribution is -2.33. The zero-order chi connectivity index (χ0) is 21.8. The quantitative estimate of drug-likeness (QED) is 0.521. The Balaban J connectivity index is 1.24. The van der Waals surface area contributed by atoms with E-state index in [1.54, 1.807) is 6.07 Å². The monoisotopic (exact) mass is 427 g/mol. The van der Waals surface area contributed by atoms with Gasteiger partial charge in [-0.05, 0) is 81.1 Å². The van der Waals surface area contributed by atoms with Crippen LogP contribution in [0.5, 0.6) is 0 Å². The third kappa shape index (κ3) is 5.05. The number of alkyl halides is 3. The Morgan fingerprint density at radius 3 is 2.55 bits per heavy atom. The molecule has 2 aromatic carbocycles. The van der Waals surface area contributed by atoms with E-state index in [0.29, 0.717) is 5.56 Å². The zero-order valence-electron chi connectivity index (χ0n) is 17.1. The molecule has 3 aromatic rings. The summed E-state index contributed by atoms with van der Waals surface area (Å²) in [6, 6.07) is 13.3. The van der Waals surface area contributed by atoms with Gasteiger partial charge in [-0.25, -0.2) is 4.68 Å². The van der Waals surface area contributed by atoms with Crippen molar-refractivity contribution >= 4 is 11.0 Å². The molecule has 0 radical (unpaired) electrons. The second kappa shape index (κ2) is 9.06. The molecule has 0 atom stereocenters. The standard InChI is InChI=1S/C23H24F3N5/c24-23(25,26)20-5-3-4-19(15-20)18-8-12-30(13-9-18)10-1-2-11-31-22-14-17(16-27)6-7-21(22)28-29-31/h3-7,14-15,18H,1-2,8-13H2. The van der Waals surface area contributed by atoms with E-state index in [2.05, 4.69) is 21.3 Å². The summed E-state index contributed by atoms with van der Waals surface area (Å²) >= 11 is 0. The summed E-state index contributed by atoms with van der Waals surface area (Å²) in [6.07, 6.45) is -0.573. The summed E-state index contributed by atoms with van der Waals surface area (Å²) in [7, 11) is 0. The van der Waals surface area contributed by atoms with Crippen LogP contribution in [0.1, 0.15) is 48.3 Å². The van der Waals surface area contributed by atoms with E-state index in [-0.39, 0.29) is 5.92 Å². The van der Waals surface area contributed by atoms with Crippen LogP contribution < -0.4 is 0 Å². The highest BCUT2D eigenvalue weighted by atomic mass is 19.4. The fraction of sp³-hybridized carbons (Fsp3) is 0.435. The summed E-state index contributed by atoms with van der Waals surface area (Å²) in [5.41, 5.74) is 2.50. The lowest BCUT2D eigenvalue weighted by molar-refractivity contribution is -0.137. The van der Waals surface area contributed by atoms with Crippen molar-refractivity contribution in [3.05, 3.63) is 59.2 Å². The third-order valence-corrected chi connectivity index (χ3v) is 6.01. The summed E-state index contributed by atoms with van der Waals surface area (Å²) < 4.78 is 40.7. The van der Waals surface area contributed by atoms with Crippen LogP contribution in [-0.2, 0) is 12.7 Å². The van der Waals surface area contributed by atoms with Crippen molar-refractivity contribution in [3.8, 4) is 6.07 Å². The third-order valence-electron chi connectivity index (χ3n) is 6.01. The van der Waals surface area contributed by atoms with E-state index in [0.717, 1.165) is 74.5 Å². The number of hydrogen-bond donors (Lipinski definition) is 0. The molecular formula is C23H24F3N5. The molecule has 31 heavy (non-hydrogen) atoms. The number of hydrogen-bond acceptors (Lipinski definition) is 4. The molecule has 0 spiro atoms. The normalized spacial score (nSPS) is 15.9. The smallest absolute Gasteiger partial charge is 0.303 e. The maximum Gasteiger partial charge on any atom is 0.416 e. The maximum atomic E-state index is 13.0. The van der Waals surface area contributed by atoms with E-state index in [1.165, 1.54) is 12.1 Å². The van der Waals surface area contributed by atoms with Gasteiger partial charge in [0, 0.05) is 6.54 Å². The Bertz CT molecular complexity index is 1070. The van der Waals surface area contributed by atoms with Crippen molar-refractivity contribution in [2.75, 3.05) is 19.6 Å². The lowest BCUT2D eigenvalue weighted by Gasteiger charge is -2.32. The predicted octanol–water partition coefficient (Wildman–Crippen LogP) is 4.98. The van der Waals surface area contributed by atoms with Gasteiger partial charge in [0.15, 0.2) is 0 Å². The van der Waals surface area contributed by atoms with Crippen molar-refractivity contribution < 1.29 is 13.2 Å². The number of nitriles is 1. The summed E-state index contributed by atoms with van der Waals surface area (Å²) in [5.74, 6) is 0.189. The summed E-state index contributed by atoms with van der Waals surface area (Å²) in [4.78, 5) is 2.39. The van der Waals surface area contributed by atoms with Crippen molar-refractivity contribution in [1.82, 2.24) is 19.9 Å². The van der Waals surface area contributed by atoms with Crippen LogP contribution in [0.3, 0.4) is 0 Å². The molecule has 0 N–H and O–H groups in total. The van der Waals surface area contributed by atoms with E-state index in [4.69, 9.17) is 5.26 Å². The van der Waals surface area contributed by atoms with Crippen LogP contribution >= 0.6 is 0 Å². The number of fused-ring (bicyclic) bond motifs is 1. The summed E-state index contributed by atoms with van der Waals surface area (Å²) in [5, 5.41) is 17.4. The second-order valence-electron chi connectivity index (χ2n) is 8.07. The van der Waals surface area contributed by atoms with E-state index in [1.807, 2.05) is 22.9 Å². The molecule has 1 aromatic heterocycles. The number of nitrogens with zero attached hydrogens (tertiary/aromatic N) is 5. The number of piperidine rings is 1. The number of aryl methyl sites for hydroxylation is 1. The highest BCUT2D eigenvalue weighted by molar-refractivity contribution is 5.75. The highest BCUT2D eigenvalue weighted by Gasteiger charge is 2.31. The van der Waals surface area contributed by atoms with Gasteiger partial charge in [-0.2, -0.15) is 18.4 Å². The van der Waals surface area contributed by atoms with E-state index >= 15 is 0 Å². The van der Waals surface area contributed by atoms with Crippen molar-refractivity contribution in [2.24, 2.45) is 0 Å². The second-order valence-corrected chi connectivity index (χ2v) is 8.07. The van der Waals surface area contributed by atoms with Gasteiger partial charge in [-0.15, -0.1) is 5.10 Å². The molecule has 0 bridgehead atoms. The van der Waals surface area contributed by atoms with Gasteiger partial charge < -0.3 is 4.90 Å². The number of likely N-dealkylation sites (tertiary alicyclic amines) is 1. The first kappa shape index (κ1) is 21.3. The first-order valence-corrected chi connectivity index (χ1v) is 10.6. The average molecular weight is 427 g/mol. The molecule has 1 aliphatic heterocycles. The highest BCUT2D eigenvalue weighted by Crippen LogP contribution is 2.34. The van der Waals surface area contributed by atoms with Crippen LogP contribution in [0.2, 0.25) is 0 Å². The number of rotatable bonds is 6. The Kier molecular flexibility index (Phi) is 6.23. The van der Waals surface area contributed by atoms with Crippen LogP contribution in [0.15, 0.2) is 42.5 Å². The molecule has 0 aliphatic carbocycles. The van der Waals surface area contributed by atoms with Crippen LogP contribution in [0, 0.1) is 11.3 Å². The molecule has 2 heterocycles. The van der Waals surface area contributed by atoms with Gasteiger partial charge in [0.1, 0.15) is 5.52 Å². The molecule has 1 saturated heterocycles. The molecule has 0 unspecified atom stereocenters. The minimum absolute atomic E-state index is 0.189. The van der Waals surface area contributed by atoms with Gasteiger partial charge >= 0.3 is 6.18 Å². The van der Waals surface area contributed by atoms with Crippen LogP contribution in [-0.4, -0.2) is 39.5 Å². The van der Waals surface area contributed by atoms with Gasteiger partial charge in [0.05, 0.1) is 22.7 Å². The maximum absolute atomic E-state index is 13.0. The first-order valence-electron chi connectivity index (χ1n) is 10.6. The topological polar surface area (TPSA) is 57.7 Å². The van der Waals surface area contributed by atoms with E-state index < -0.39 is 11.7 Å². The summed E-state index contributed by atoms with van der Waals surface area (Å²) in [6.45, 7) is 3.51. The van der Waals surface area contributed by atoms with Gasteiger partial charge in [0.2, 0.25) is 0 Å². The zero-order valence-corrected chi connectivity index (χ0v) is 17.1. The molecule has 4 rings (SSSR count). The molecule has 162 valence electrons.